The molecule has 0 spiro atoms. The fourth-order valence-electron chi connectivity index (χ4n) is 4.83. The van der Waals surface area contributed by atoms with Gasteiger partial charge in [0.2, 0.25) is 5.91 Å². The van der Waals surface area contributed by atoms with Crippen molar-refractivity contribution in [1.29, 1.82) is 0 Å². The predicted molar refractivity (Wildman–Crippen MR) is 152 cm³/mol. The summed E-state index contributed by atoms with van der Waals surface area (Å²) in [4.78, 5) is 44.8. The van der Waals surface area contributed by atoms with Gasteiger partial charge in [-0.3, -0.25) is 14.2 Å². The van der Waals surface area contributed by atoms with Gasteiger partial charge in [-0.05, 0) is 62.3 Å². The second-order valence-corrected chi connectivity index (χ2v) is 11.7. The first-order valence-corrected chi connectivity index (χ1v) is 14.4. The second kappa shape index (κ2) is 11.1. The number of nitrogens with one attached hydrogen (secondary N) is 1. The Morgan fingerprint density at radius 2 is 1.92 bits per heavy atom. The van der Waals surface area contributed by atoms with Gasteiger partial charge in [-0.25, -0.2) is 9.78 Å². The number of nitrogens with zero attached hydrogens (tertiary/aromatic N) is 2. The Bertz CT molecular complexity index is 1560. The molecule has 0 fully saturated rings. The van der Waals surface area contributed by atoms with E-state index in [1.807, 2.05) is 24.3 Å². The van der Waals surface area contributed by atoms with Crippen LogP contribution in [-0.4, -0.2) is 33.3 Å². The first-order chi connectivity index (χ1) is 18.4. The molecule has 0 saturated heterocycles. The van der Waals surface area contributed by atoms with E-state index in [4.69, 9.17) is 4.74 Å². The van der Waals surface area contributed by atoms with Crippen molar-refractivity contribution in [1.82, 2.24) is 9.55 Å². The molecular weight excluding hydrogens is 518 g/mol. The first-order valence-electron chi connectivity index (χ1n) is 12.7. The van der Waals surface area contributed by atoms with Crippen molar-refractivity contribution in [2.45, 2.75) is 49.4 Å². The largest absolute Gasteiger partial charge is 0.462 e. The molecule has 1 amide bonds. The Kier molecular flexibility index (Phi) is 7.67. The van der Waals surface area contributed by atoms with E-state index < -0.39 is 11.2 Å². The molecule has 2 heterocycles. The van der Waals surface area contributed by atoms with E-state index in [1.54, 1.807) is 39.1 Å². The summed E-state index contributed by atoms with van der Waals surface area (Å²) in [5, 5.41) is 3.96. The zero-order valence-corrected chi connectivity index (χ0v) is 23.2. The normalized spacial score (nSPS) is 15.6. The number of ether oxygens (including phenoxy) is 1. The summed E-state index contributed by atoms with van der Waals surface area (Å²) < 4.78 is 6.84. The summed E-state index contributed by atoms with van der Waals surface area (Å²) in [5.74, 6) is -0.297. The van der Waals surface area contributed by atoms with Crippen LogP contribution in [0, 0.1) is 0 Å². The highest BCUT2D eigenvalue weighted by Gasteiger charge is 2.31. The molecule has 1 N–H and O–H groups in total. The van der Waals surface area contributed by atoms with Crippen LogP contribution in [0.15, 0.2) is 64.5 Å². The number of amides is 1. The number of para-hydroxylation sites is 1. The summed E-state index contributed by atoms with van der Waals surface area (Å²) in [7, 11) is 1.66. The Morgan fingerprint density at radius 1 is 1.18 bits per heavy atom. The summed E-state index contributed by atoms with van der Waals surface area (Å²) in [5.41, 5.74) is 3.17. The number of benzene rings is 2. The van der Waals surface area contributed by atoms with Crippen LogP contribution in [0.4, 0.5) is 5.00 Å². The van der Waals surface area contributed by atoms with Crippen molar-refractivity contribution in [3.8, 4) is 0 Å². The van der Waals surface area contributed by atoms with Gasteiger partial charge in [0.05, 0.1) is 28.3 Å². The Morgan fingerprint density at radius 3 is 2.68 bits per heavy atom. The second-order valence-electron chi connectivity index (χ2n) is 9.30. The van der Waals surface area contributed by atoms with E-state index in [1.165, 1.54) is 33.2 Å². The fourth-order valence-corrected chi connectivity index (χ4v) is 7.02. The zero-order chi connectivity index (χ0) is 26.8. The molecule has 5 rings (SSSR count). The minimum Gasteiger partial charge on any atom is -0.462 e. The number of thioether (sulfide) groups is 1. The molecule has 2 aromatic heterocycles. The lowest BCUT2D eigenvalue weighted by Crippen LogP contribution is -2.26. The van der Waals surface area contributed by atoms with Crippen LogP contribution in [0.5, 0.6) is 0 Å². The van der Waals surface area contributed by atoms with Crippen molar-refractivity contribution in [2.24, 2.45) is 7.05 Å². The fraction of sp³-hybridized carbons (Fsp3) is 0.310. The lowest BCUT2D eigenvalue weighted by atomic mass is 9.83. The monoisotopic (exact) mass is 547 g/mol. The number of thiophene rings is 1. The number of hydrogen-bond donors (Lipinski definition) is 1. The van der Waals surface area contributed by atoms with Crippen molar-refractivity contribution < 1.29 is 14.3 Å². The molecule has 0 radical (unpaired) electrons. The number of carbonyl (C=O) groups is 2. The molecule has 0 bridgehead atoms. The van der Waals surface area contributed by atoms with Gasteiger partial charge < -0.3 is 10.1 Å². The van der Waals surface area contributed by atoms with Crippen molar-refractivity contribution >= 4 is 50.9 Å². The smallest absolute Gasteiger partial charge is 0.341 e. The van der Waals surface area contributed by atoms with Gasteiger partial charge in [0.15, 0.2) is 5.16 Å². The van der Waals surface area contributed by atoms with Gasteiger partial charge >= 0.3 is 5.97 Å². The van der Waals surface area contributed by atoms with Crippen molar-refractivity contribution in [2.75, 3.05) is 11.9 Å². The third-order valence-corrected chi connectivity index (χ3v) is 9.16. The number of rotatable bonds is 7. The molecule has 7 nitrogen and oxygen atoms in total. The van der Waals surface area contributed by atoms with Gasteiger partial charge in [0.25, 0.3) is 5.56 Å². The highest BCUT2D eigenvalue weighted by atomic mass is 32.2. The van der Waals surface area contributed by atoms with Crippen molar-refractivity contribution in [3.63, 3.8) is 0 Å². The van der Waals surface area contributed by atoms with E-state index in [0.717, 1.165) is 29.7 Å². The van der Waals surface area contributed by atoms with E-state index in [-0.39, 0.29) is 18.1 Å². The number of esters is 1. The van der Waals surface area contributed by atoms with Crippen LogP contribution in [0.3, 0.4) is 0 Å². The van der Waals surface area contributed by atoms with Crippen LogP contribution >= 0.6 is 23.1 Å². The van der Waals surface area contributed by atoms with Gasteiger partial charge in [0, 0.05) is 11.9 Å². The molecule has 2 unspecified atom stereocenters. The third-order valence-electron chi connectivity index (χ3n) is 6.85. The van der Waals surface area contributed by atoms with Gasteiger partial charge in [0.1, 0.15) is 5.00 Å². The molecule has 2 aromatic carbocycles. The SMILES string of the molecule is CCOC(=O)c1c(NC(=O)C(C)Sc2nc3ccccc3c(=O)n2C)sc2c1CCC(c1ccccc1)C2. The van der Waals surface area contributed by atoms with Crippen LogP contribution in [0.2, 0.25) is 0 Å². The molecule has 2 atom stereocenters. The van der Waals surface area contributed by atoms with Gasteiger partial charge in [-0.1, -0.05) is 54.2 Å². The molecule has 38 heavy (non-hydrogen) atoms. The minimum absolute atomic E-state index is 0.158. The highest BCUT2D eigenvalue weighted by Crippen LogP contribution is 2.43. The number of aromatic nitrogens is 2. The molecule has 1 aliphatic carbocycles. The number of anilines is 1. The van der Waals surface area contributed by atoms with Crippen LogP contribution in [0.1, 0.15) is 52.5 Å². The lowest BCUT2D eigenvalue weighted by Gasteiger charge is -2.23. The minimum atomic E-state index is -0.555. The molecular formula is C29H29N3O4S2. The quantitative estimate of drug-likeness (QED) is 0.185. The Labute approximate surface area is 229 Å². The molecule has 4 aromatic rings. The molecule has 1 aliphatic rings. The summed E-state index contributed by atoms with van der Waals surface area (Å²) in [6.07, 6.45) is 2.50. The molecule has 0 saturated carbocycles. The molecule has 196 valence electrons. The van der Waals surface area contributed by atoms with E-state index in [9.17, 15) is 14.4 Å². The maximum atomic E-state index is 13.3. The standard InChI is InChI=1S/C29H29N3O4S2/c1-4-36-28(35)24-21-15-14-19(18-10-6-5-7-11-18)16-23(21)38-26(24)31-25(33)17(2)37-29-30-22-13-9-8-12-20(22)27(34)32(29)3/h5-13,17,19H,4,14-16H2,1-3H3,(H,31,33). The average Bonchev–Trinajstić information content (AvgIpc) is 3.29. The lowest BCUT2D eigenvalue weighted by molar-refractivity contribution is -0.115. The topological polar surface area (TPSA) is 90.3 Å². The summed E-state index contributed by atoms with van der Waals surface area (Å²) >= 11 is 2.67. The van der Waals surface area contributed by atoms with Crippen LogP contribution < -0.4 is 10.9 Å². The van der Waals surface area contributed by atoms with E-state index in [0.29, 0.717) is 32.5 Å². The Balaban J connectivity index is 1.39. The van der Waals surface area contributed by atoms with E-state index >= 15 is 0 Å². The first kappa shape index (κ1) is 26.2. The molecule has 0 aliphatic heterocycles. The predicted octanol–water partition coefficient (Wildman–Crippen LogP) is 5.56. The average molecular weight is 548 g/mol. The van der Waals surface area contributed by atoms with E-state index in [2.05, 4.69) is 22.4 Å². The zero-order valence-electron chi connectivity index (χ0n) is 21.5. The third kappa shape index (κ3) is 5.13. The number of hydrogen-bond acceptors (Lipinski definition) is 7. The highest BCUT2D eigenvalue weighted by molar-refractivity contribution is 8.00. The number of carbonyl (C=O) groups excluding carboxylic acids is 2. The summed E-state index contributed by atoms with van der Waals surface area (Å²) in [6, 6.07) is 17.6. The Hall–Kier alpha value is -3.43. The van der Waals surface area contributed by atoms with Gasteiger partial charge in [-0.15, -0.1) is 11.3 Å². The summed E-state index contributed by atoms with van der Waals surface area (Å²) in [6.45, 7) is 3.81. The van der Waals surface area contributed by atoms with Crippen LogP contribution in [0.25, 0.3) is 10.9 Å². The van der Waals surface area contributed by atoms with Crippen LogP contribution in [-0.2, 0) is 29.4 Å². The molecule has 9 heteroatoms. The maximum absolute atomic E-state index is 13.3. The van der Waals surface area contributed by atoms with Crippen molar-refractivity contribution in [3.05, 3.63) is 86.5 Å². The van der Waals surface area contributed by atoms with Gasteiger partial charge in [-0.2, -0.15) is 0 Å². The maximum Gasteiger partial charge on any atom is 0.341 e. The number of fused-ring (bicyclic) bond motifs is 2.